The van der Waals surface area contributed by atoms with Gasteiger partial charge >= 0.3 is 0 Å². The van der Waals surface area contributed by atoms with Crippen molar-refractivity contribution in [3.05, 3.63) is 30.3 Å². The fourth-order valence-corrected chi connectivity index (χ4v) is 9.27. The number of rotatable bonds is 11. The first-order valence-electron chi connectivity index (χ1n) is 10.3. The second-order valence-electron chi connectivity index (χ2n) is 7.52. The summed E-state index contributed by atoms with van der Waals surface area (Å²) in [7, 11) is -1.66. The number of benzene rings is 1. The number of hydrogen-bond acceptors (Lipinski definition) is 4. The molecule has 5 heteroatoms. The Balaban J connectivity index is 1.73. The number of unbranched alkanes of at least 4 members (excludes halogenated alkanes) is 2. The van der Waals surface area contributed by atoms with Crippen molar-refractivity contribution in [2.24, 2.45) is 0 Å². The number of hydrogen-bond donors (Lipinski definition) is 0. The summed E-state index contributed by atoms with van der Waals surface area (Å²) >= 11 is 0. The quantitative estimate of drug-likeness (QED) is 0.430. The van der Waals surface area contributed by atoms with Gasteiger partial charge in [0, 0.05) is 0 Å². The normalized spacial score (nSPS) is 19.4. The Morgan fingerprint density at radius 2 is 1.31 bits per heavy atom. The summed E-state index contributed by atoms with van der Waals surface area (Å²) in [4.78, 5) is 0. The van der Waals surface area contributed by atoms with Crippen LogP contribution in [0.4, 0.5) is 0 Å². The van der Waals surface area contributed by atoms with E-state index in [4.69, 9.17) is 18.9 Å². The van der Waals surface area contributed by atoms with Crippen molar-refractivity contribution in [3.63, 3.8) is 0 Å². The predicted octanol–water partition coefficient (Wildman–Crippen LogP) is 4.06. The van der Waals surface area contributed by atoms with Gasteiger partial charge in [-0.3, -0.25) is 0 Å². The van der Waals surface area contributed by atoms with Gasteiger partial charge in [-0.2, -0.15) is 0 Å². The van der Waals surface area contributed by atoms with Crippen molar-refractivity contribution in [3.8, 4) is 0 Å². The highest BCUT2D eigenvalue weighted by molar-refractivity contribution is 6.91. The summed E-state index contributed by atoms with van der Waals surface area (Å²) in [6.45, 7) is 5.24. The van der Waals surface area contributed by atoms with Crippen LogP contribution in [-0.2, 0) is 18.9 Å². The highest BCUT2D eigenvalue weighted by Crippen LogP contribution is 2.31. The molecule has 0 bridgehead atoms. The van der Waals surface area contributed by atoms with Crippen molar-refractivity contribution >= 4 is 13.3 Å². The first-order valence-corrected chi connectivity index (χ1v) is 13.0. The Kier molecular flexibility index (Phi) is 8.14. The van der Waals surface area contributed by atoms with Gasteiger partial charge in [0.05, 0.1) is 34.5 Å². The molecule has 0 unspecified atom stereocenters. The Morgan fingerprint density at radius 1 is 0.769 bits per heavy atom. The summed E-state index contributed by atoms with van der Waals surface area (Å²) in [6.07, 6.45) is 5.92. The van der Waals surface area contributed by atoms with Gasteiger partial charge in [0.15, 0.2) is 12.6 Å². The first kappa shape index (κ1) is 20.0. The molecule has 2 aliphatic rings. The lowest BCUT2D eigenvalue weighted by Crippen LogP contribution is -2.48. The van der Waals surface area contributed by atoms with Crippen LogP contribution < -0.4 is 5.19 Å². The highest BCUT2D eigenvalue weighted by atomic mass is 28.3. The molecule has 26 heavy (non-hydrogen) atoms. The molecule has 2 heterocycles. The molecule has 1 aromatic rings. The molecule has 0 saturated carbocycles. The molecule has 0 aliphatic carbocycles. The molecule has 2 saturated heterocycles. The van der Waals surface area contributed by atoms with Crippen LogP contribution in [0.25, 0.3) is 0 Å². The first-order chi connectivity index (χ1) is 12.8. The van der Waals surface area contributed by atoms with Crippen LogP contribution in [-0.4, -0.2) is 47.1 Å². The van der Waals surface area contributed by atoms with Crippen molar-refractivity contribution in [2.45, 2.75) is 69.7 Å². The van der Waals surface area contributed by atoms with Gasteiger partial charge < -0.3 is 18.9 Å². The standard InChI is InChI=1S/C21H34O4Si/c1-2-3-7-16-26(19-8-5-4-6-9-19,17-10-20-22-12-13-23-20)18-11-21-24-14-15-25-21/h4-6,8-9,20-21H,2-3,7,10-18H2,1H3. The van der Waals surface area contributed by atoms with E-state index in [0.717, 1.165) is 39.3 Å². The zero-order chi connectivity index (χ0) is 18.1. The minimum atomic E-state index is -1.66. The Morgan fingerprint density at radius 3 is 1.81 bits per heavy atom. The fourth-order valence-electron chi connectivity index (χ4n) is 4.25. The summed E-state index contributed by atoms with van der Waals surface area (Å²) < 4.78 is 23.0. The highest BCUT2D eigenvalue weighted by Gasteiger charge is 2.36. The van der Waals surface area contributed by atoms with E-state index in [1.807, 2.05) is 0 Å². The van der Waals surface area contributed by atoms with Gasteiger partial charge in [0.1, 0.15) is 0 Å². The molecule has 2 fully saturated rings. The molecular weight excluding hydrogens is 344 g/mol. The van der Waals surface area contributed by atoms with E-state index >= 15 is 0 Å². The lowest BCUT2D eigenvalue weighted by molar-refractivity contribution is -0.0445. The summed E-state index contributed by atoms with van der Waals surface area (Å²) in [5.74, 6) is 0. The minimum Gasteiger partial charge on any atom is -0.350 e. The summed E-state index contributed by atoms with van der Waals surface area (Å²) in [6, 6.07) is 15.0. The van der Waals surface area contributed by atoms with Crippen LogP contribution in [0.2, 0.25) is 18.1 Å². The SMILES string of the molecule is CCCCC[Si](CCC1OCCO1)(CCC1OCCO1)c1ccccc1. The minimum absolute atomic E-state index is 0.00394. The summed E-state index contributed by atoms with van der Waals surface area (Å²) in [5, 5.41) is 1.58. The van der Waals surface area contributed by atoms with Gasteiger partial charge in [-0.05, 0) is 24.9 Å². The second kappa shape index (κ2) is 10.6. The maximum atomic E-state index is 5.74. The fraction of sp³-hybridized carbons (Fsp3) is 0.714. The van der Waals surface area contributed by atoms with E-state index in [1.165, 1.54) is 37.4 Å². The van der Waals surface area contributed by atoms with Gasteiger partial charge in [-0.1, -0.05) is 67.7 Å². The van der Waals surface area contributed by atoms with Gasteiger partial charge in [0.25, 0.3) is 0 Å². The van der Waals surface area contributed by atoms with Gasteiger partial charge in [-0.25, -0.2) is 0 Å². The summed E-state index contributed by atoms with van der Waals surface area (Å²) in [5.41, 5.74) is 0. The zero-order valence-corrected chi connectivity index (χ0v) is 17.2. The maximum Gasteiger partial charge on any atom is 0.157 e. The van der Waals surface area contributed by atoms with Gasteiger partial charge in [-0.15, -0.1) is 0 Å². The second-order valence-corrected chi connectivity index (χ2v) is 12.2. The van der Waals surface area contributed by atoms with Crippen LogP contribution in [0, 0.1) is 0 Å². The maximum absolute atomic E-state index is 5.74. The van der Waals surface area contributed by atoms with Crippen LogP contribution in [0.1, 0.15) is 39.0 Å². The molecular formula is C21H34O4Si. The third kappa shape index (κ3) is 5.63. The molecule has 1 aromatic carbocycles. The third-order valence-corrected chi connectivity index (χ3v) is 11.1. The van der Waals surface area contributed by atoms with E-state index in [9.17, 15) is 0 Å². The lowest BCUT2D eigenvalue weighted by atomic mass is 10.3. The lowest BCUT2D eigenvalue weighted by Gasteiger charge is -2.34. The molecule has 0 atom stereocenters. The Hall–Kier alpha value is -0.723. The molecule has 0 aromatic heterocycles. The Bertz CT molecular complexity index is 478. The molecule has 146 valence electrons. The molecule has 0 amide bonds. The van der Waals surface area contributed by atoms with E-state index < -0.39 is 8.07 Å². The van der Waals surface area contributed by atoms with Crippen LogP contribution in [0.5, 0.6) is 0 Å². The van der Waals surface area contributed by atoms with Crippen LogP contribution in [0.3, 0.4) is 0 Å². The predicted molar refractivity (Wildman–Crippen MR) is 106 cm³/mol. The molecule has 0 radical (unpaired) electrons. The average Bonchev–Trinajstić information content (AvgIpc) is 3.38. The van der Waals surface area contributed by atoms with Crippen LogP contribution >= 0.6 is 0 Å². The van der Waals surface area contributed by atoms with E-state index in [1.54, 1.807) is 5.19 Å². The van der Waals surface area contributed by atoms with Crippen LogP contribution in [0.15, 0.2) is 30.3 Å². The smallest absolute Gasteiger partial charge is 0.157 e. The largest absolute Gasteiger partial charge is 0.350 e. The van der Waals surface area contributed by atoms with Crippen molar-refractivity contribution < 1.29 is 18.9 Å². The van der Waals surface area contributed by atoms with E-state index in [2.05, 4.69) is 37.3 Å². The topological polar surface area (TPSA) is 36.9 Å². The monoisotopic (exact) mass is 378 g/mol. The van der Waals surface area contributed by atoms with Crippen molar-refractivity contribution in [1.82, 2.24) is 0 Å². The molecule has 2 aliphatic heterocycles. The number of ether oxygens (including phenoxy) is 4. The molecule has 3 rings (SSSR count). The van der Waals surface area contributed by atoms with E-state index in [0.29, 0.717) is 0 Å². The van der Waals surface area contributed by atoms with E-state index in [-0.39, 0.29) is 12.6 Å². The van der Waals surface area contributed by atoms with Crippen molar-refractivity contribution in [2.75, 3.05) is 26.4 Å². The van der Waals surface area contributed by atoms with Gasteiger partial charge in [0.2, 0.25) is 0 Å². The molecule has 0 N–H and O–H groups in total. The third-order valence-electron chi connectivity index (χ3n) is 5.74. The molecule has 4 nitrogen and oxygen atoms in total. The molecule has 0 spiro atoms. The van der Waals surface area contributed by atoms with Crippen molar-refractivity contribution in [1.29, 1.82) is 0 Å². The average molecular weight is 379 g/mol. The zero-order valence-electron chi connectivity index (χ0n) is 16.2. The Labute approximate surface area is 159 Å².